The monoisotopic (exact) mass is 934 g/mol. The Labute approximate surface area is 396 Å². The summed E-state index contributed by atoms with van der Waals surface area (Å²) in [6.07, 6.45) is 7.16. The molecule has 0 spiro atoms. The van der Waals surface area contributed by atoms with Gasteiger partial charge in [-0.05, 0) is 86.2 Å². The van der Waals surface area contributed by atoms with Gasteiger partial charge in [-0.15, -0.1) is 0 Å². The number of Topliss-reactive ketones (excluding diaryl/α,β-unsaturated/α-hetero) is 2. The molecular weight excluding hydrogens is 888 g/mol. The highest BCUT2D eigenvalue weighted by atomic mass is 35.5. The van der Waals surface area contributed by atoms with Crippen molar-refractivity contribution in [1.29, 1.82) is 0 Å². The van der Waals surface area contributed by atoms with Gasteiger partial charge in [0.1, 0.15) is 47.4 Å². The number of carbonyl (C=O) groups is 6. The number of fused-ring (bicyclic) bond motifs is 2. The lowest BCUT2D eigenvalue weighted by molar-refractivity contribution is -0.132. The SMILES string of the molecule is O=C1CCC(N2C(=O)c3ccc(OCCN4CCN(c5ccc(C(=O)N6CCC[C@@H](Cc7ncnc8[nH]cc(C(=O)c9ccc(Oc%10ccccc%10)cc9Cl)c78)C6)cn5)CC4)cc3C2=O)C(=O)C1. The highest BCUT2D eigenvalue weighted by Gasteiger charge is 2.44. The number of ether oxygens (including phenoxy) is 2. The summed E-state index contributed by atoms with van der Waals surface area (Å²) in [7, 11) is 0. The van der Waals surface area contributed by atoms with Gasteiger partial charge in [0.15, 0.2) is 11.6 Å². The zero-order valence-corrected chi connectivity index (χ0v) is 37.8. The number of likely N-dealkylation sites (tertiary alicyclic amines) is 1. The summed E-state index contributed by atoms with van der Waals surface area (Å²) in [4.78, 5) is 103. The lowest BCUT2D eigenvalue weighted by Gasteiger charge is -2.35. The number of piperidine rings is 1. The van der Waals surface area contributed by atoms with Crippen molar-refractivity contribution in [2.75, 3.05) is 57.3 Å². The number of anilines is 1. The average molecular weight is 935 g/mol. The molecule has 17 heteroatoms. The Balaban J connectivity index is 0.706. The molecule has 3 amide bonds. The molecule has 2 atom stereocenters. The van der Waals surface area contributed by atoms with E-state index in [1.807, 2.05) is 47.4 Å². The molecule has 3 aliphatic heterocycles. The minimum Gasteiger partial charge on any atom is -0.492 e. The second-order valence-electron chi connectivity index (χ2n) is 17.6. The number of piperazine rings is 1. The van der Waals surface area contributed by atoms with Crippen LogP contribution in [-0.2, 0) is 16.0 Å². The van der Waals surface area contributed by atoms with Crippen LogP contribution in [0.5, 0.6) is 17.2 Å². The molecule has 1 unspecified atom stereocenters. The number of halogens is 1. The van der Waals surface area contributed by atoms with E-state index in [9.17, 15) is 28.8 Å². The summed E-state index contributed by atoms with van der Waals surface area (Å²) >= 11 is 6.66. The van der Waals surface area contributed by atoms with Gasteiger partial charge in [-0.25, -0.2) is 15.0 Å². The molecule has 2 saturated heterocycles. The minimum atomic E-state index is -0.913. The standard InChI is InChI=1S/C51H47ClN8O8/c52-41-26-36(68-34-6-2-1-3-7-34)11-13-38(41)47(63)40-28-54-48-46(40)42(55-30-56-48)23-31-5-4-16-59(29-31)49(64)32-8-15-45(53-27-32)58-19-17-57(18-20-58)21-22-67-35-10-12-37-39(25-35)51(66)60(50(37)65)43-14-9-33(61)24-44(43)62/h1-3,6-8,10-13,15,25-28,30-31,43H,4-5,9,14,16-24,29H2,(H,54,55,56)/t31-,43?/m0/s1. The molecule has 3 aromatic carbocycles. The Hall–Kier alpha value is -7.30. The Morgan fingerprint density at radius 3 is 2.38 bits per heavy atom. The molecule has 4 aliphatic rings. The normalized spacial score (nSPS) is 18.9. The average Bonchev–Trinajstić information content (AvgIpc) is 3.90. The minimum absolute atomic E-state index is 0.0769. The van der Waals surface area contributed by atoms with E-state index >= 15 is 0 Å². The molecule has 68 heavy (non-hydrogen) atoms. The molecule has 0 bridgehead atoms. The number of hydrogen-bond acceptors (Lipinski definition) is 13. The number of rotatable bonds is 13. The van der Waals surface area contributed by atoms with Gasteiger partial charge < -0.3 is 24.3 Å². The molecular formula is C51H47ClN8O8. The molecule has 0 radical (unpaired) electrons. The van der Waals surface area contributed by atoms with Crippen LogP contribution in [0.1, 0.15) is 84.8 Å². The molecule has 6 heterocycles. The number of amides is 3. The molecule has 1 saturated carbocycles. The van der Waals surface area contributed by atoms with Crippen LogP contribution in [0.2, 0.25) is 5.02 Å². The van der Waals surface area contributed by atoms with E-state index in [4.69, 9.17) is 26.1 Å². The number of aromatic nitrogens is 4. The van der Waals surface area contributed by atoms with Gasteiger partial charge >= 0.3 is 0 Å². The number of ketones is 3. The van der Waals surface area contributed by atoms with E-state index < -0.39 is 23.6 Å². The maximum absolute atomic E-state index is 14.0. The number of H-pyrrole nitrogens is 1. The van der Waals surface area contributed by atoms with Crippen LogP contribution in [0, 0.1) is 5.92 Å². The van der Waals surface area contributed by atoms with Crippen LogP contribution in [-0.4, -0.2) is 128 Å². The van der Waals surface area contributed by atoms with Gasteiger partial charge in [-0.1, -0.05) is 29.8 Å². The predicted octanol–water partition coefficient (Wildman–Crippen LogP) is 6.61. The Bertz CT molecular complexity index is 2950. The quantitative estimate of drug-likeness (QED) is 0.0741. The van der Waals surface area contributed by atoms with Gasteiger partial charge in [0, 0.05) is 76.3 Å². The number of benzene rings is 3. The third-order valence-electron chi connectivity index (χ3n) is 13.3. The van der Waals surface area contributed by atoms with Crippen LogP contribution in [0.3, 0.4) is 0 Å². The Morgan fingerprint density at radius 1 is 0.794 bits per heavy atom. The van der Waals surface area contributed by atoms with E-state index in [1.54, 1.807) is 48.8 Å². The Morgan fingerprint density at radius 2 is 1.60 bits per heavy atom. The van der Waals surface area contributed by atoms with E-state index in [2.05, 4.69) is 24.8 Å². The summed E-state index contributed by atoms with van der Waals surface area (Å²) in [6.45, 7) is 5.20. The number of hydrogen-bond donors (Lipinski definition) is 1. The second kappa shape index (κ2) is 19.1. The highest BCUT2D eigenvalue weighted by molar-refractivity contribution is 6.35. The van der Waals surface area contributed by atoms with Crippen LogP contribution >= 0.6 is 11.6 Å². The Kier molecular flexibility index (Phi) is 12.5. The number of nitrogens with zero attached hydrogens (tertiary/aromatic N) is 7. The second-order valence-corrected chi connectivity index (χ2v) is 18.0. The maximum Gasteiger partial charge on any atom is 0.262 e. The van der Waals surface area contributed by atoms with Crippen LogP contribution in [0.4, 0.5) is 5.82 Å². The van der Waals surface area contributed by atoms with Crippen molar-refractivity contribution >= 4 is 63.5 Å². The van der Waals surface area contributed by atoms with Crippen LogP contribution < -0.4 is 14.4 Å². The van der Waals surface area contributed by atoms with Crippen molar-refractivity contribution in [3.63, 3.8) is 0 Å². The van der Waals surface area contributed by atoms with Crippen molar-refractivity contribution in [1.82, 2.24) is 34.6 Å². The van der Waals surface area contributed by atoms with Crippen LogP contribution in [0.15, 0.2) is 97.6 Å². The first-order valence-corrected chi connectivity index (χ1v) is 23.3. The molecule has 16 nitrogen and oxygen atoms in total. The van der Waals surface area contributed by atoms with Crippen molar-refractivity contribution in [2.45, 2.75) is 44.6 Å². The number of pyridine rings is 1. The molecule has 1 aliphatic carbocycles. The summed E-state index contributed by atoms with van der Waals surface area (Å²) in [6, 6.07) is 21.9. The van der Waals surface area contributed by atoms with Crippen molar-refractivity contribution in [3.05, 3.63) is 136 Å². The van der Waals surface area contributed by atoms with E-state index in [1.165, 1.54) is 6.33 Å². The fourth-order valence-corrected chi connectivity index (χ4v) is 9.94. The van der Waals surface area contributed by atoms with Gasteiger partial charge in [0.2, 0.25) is 0 Å². The molecule has 10 rings (SSSR count). The zero-order valence-electron chi connectivity index (χ0n) is 37.1. The van der Waals surface area contributed by atoms with Gasteiger partial charge in [0.05, 0.1) is 50.8 Å². The van der Waals surface area contributed by atoms with E-state index in [-0.39, 0.29) is 58.8 Å². The molecule has 1 N–H and O–H groups in total. The van der Waals surface area contributed by atoms with Crippen LogP contribution in [0.25, 0.3) is 11.0 Å². The summed E-state index contributed by atoms with van der Waals surface area (Å²) in [5, 5.41) is 0.913. The third-order valence-corrected chi connectivity index (χ3v) is 13.6. The first-order chi connectivity index (χ1) is 33.1. The smallest absolute Gasteiger partial charge is 0.262 e. The largest absolute Gasteiger partial charge is 0.492 e. The molecule has 346 valence electrons. The number of carbonyl (C=O) groups excluding carboxylic acids is 6. The van der Waals surface area contributed by atoms with Crippen molar-refractivity contribution in [2.24, 2.45) is 5.92 Å². The van der Waals surface area contributed by atoms with Crippen molar-refractivity contribution in [3.8, 4) is 17.2 Å². The summed E-state index contributed by atoms with van der Waals surface area (Å²) < 4.78 is 11.9. The lowest BCUT2D eigenvalue weighted by atomic mass is 9.91. The van der Waals surface area contributed by atoms with Gasteiger partial charge in [0.25, 0.3) is 17.7 Å². The maximum atomic E-state index is 14.0. The summed E-state index contributed by atoms with van der Waals surface area (Å²) in [5.41, 5.74) is 3.01. The number of imide groups is 1. The number of para-hydroxylation sites is 1. The zero-order chi connectivity index (χ0) is 46.9. The summed E-state index contributed by atoms with van der Waals surface area (Å²) in [5.74, 6) is 0.576. The third kappa shape index (κ3) is 9.08. The number of aromatic amines is 1. The molecule has 3 fully saturated rings. The molecule has 3 aromatic heterocycles. The van der Waals surface area contributed by atoms with Crippen molar-refractivity contribution < 1.29 is 38.2 Å². The predicted molar refractivity (Wildman–Crippen MR) is 251 cm³/mol. The van der Waals surface area contributed by atoms with E-state index in [0.29, 0.717) is 77.6 Å². The number of nitrogens with one attached hydrogen (secondary N) is 1. The molecule has 6 aromatic rings. The fraction of sp³-hybridized carbons (Fsp3) is 0.314. The van der Waals surface area contributed by atoms with E-state index in [0.717, 1.165) is 55.4 Å². The first-order valence-electron chi connectivity index (χ1n) is 22.9. The van der Waals surface area contributed by atoms with Gasteiger partial charge in [-0.3, -0.25) is 38.6 Å². The fourth-order valence-electron chi connectivity index (χ4n) is 9.68. The lowest BCUT2D eigenvalue weighted by Crippen LogP contribution is -2.47. The highest BCUT2D eigenvalue weighted by Crippen LogP contribution is 2.34. The topological polar surface area (TPSA) is 188 Å². The van der Waals surface area contributed by atoms with Gasteiger partial charge in [-0.2, -0.15) is 0 Å². The first kappa shape index (κ1) is 44.5.